The van der Waals surface area contributed by atoms with Crippen LogP contribution >= 0.6 is 11.3 Å². The highest BCUT2D eigenvalue weighted by Gasteiger charge is 2.15. The minimum absolute atomic E-state index is 0.696. The smallest absolute Gasteiger partial charge is 0.160 e. The first kappa shape index (κ1) is 35.2. The molecular weight excluding hydrogens is 757 g/mol. The van der Waals surface area contributed by atoms with Crippen molar-refractivity contribution >= 4 is 63.8 Å². The van der Waals surface area contributed by atoms with Crippen LogP contribution in [0.15, 0.2) is 218 Å². The van der Waals surface area contributed by atoms with Crippen molar-refractivity contribution in [2.75, 3.05) is 0 Å². The zero-order valence-corrected chi connectivity index (χ0v) is 33.9. The summed E-state index contributed by atoms with van der Waals surface area (Å²) < 4.78 is 2.63. The Morgan fingerprint density at radius 2 is 0.787 bits per heavy atom. The lowest BCUT2D eigenvalue weighted by molar-refractivity contribution is 1.18. The molecular formula is C58H36N2S. The molecule has 284 valence electrons. The Balaban J connectivity index is 0.956. The third-order valence-corrected chi connectivity index (χ3v) is 13.3. The van der Waals surface area contributed by atoms with Gasteiger partial charge in [0.25, 0.3) is 0 Å². The number of hydrogen-bond acceptors (Lipinski definition) is 3. The predicted octanol–water partition coefficient (Wildman–Crippen LogP) is 16.3. The van der Waals surface area contributed by atoms with Crippen LogP contribution in [0.3, 0.4) is 0 Å². The van der Waals surface area contributed by atoms with Crippen molar-refractivity contribution in [2.45, 2.75) is 0 Å². The largest absolute Gasteiger partial charge is 0.228 e. The van der Waals surface area contributed by atoms with Crippen molar-refractivity contribution in [1.29, 1.82) is 0 Å². The molecule has 0 aliphatic rings. The molecule has 0 spiro atoms. The van der Waals surface area contributed by atoms with E-state index < -0.39 is 0 Å². The average Bonchev–Trinajstić information content (AvgIpc) is 3.72. The molecule has 10 aromatic carbocycles. The van der Waals surface area contributed by atoms with Gasteiger partial charge in [-0.1, -0.05) is 188 Å². The zero-order chi connectivity index (χ0) is 40.3. The molecule has 0 radical (unpaired) electrons. The van der Waals surface area contributed by atoms with Crippen LogP contribution < -0.4 is 0 Å². The molecule has 0 aliphatic carbocycles. The maximum absolute atomic E-state index is 5.24. The molecule has 0 saturated heterocycles. The fourth-order valence-corrected chi connectivity index (χ4v) is 10.1. The molecule has 0 atom stereocenters. The monoisotopic (exact) mass is 792 g/mol. The lowest BCUT2D eigenvalue weighted by Gasteiger charge is -2.15. The lowest BCUT2D eigenvalue weighted by atomic mass is 9.89. The van der Waals surface area contributed by atoms with Gasteiger partial charge in [-0.25, -0.2) is 9.97 Å². The SMILES string of the molecule is c1ccc(-c2ccc(-c3nc(-c4ccc(-c5ccc6sc7ccccc7c6c5)cc4)cc(-c4ccc(-c5c6ccccc6cc6c5ccc5ccccc56)cc4)n3)cc2)cc1. The van der Waals surface area contributed by atoms with E-state index in [1.54, 1.807) is 0 Å². The molecule has 12 aromatic rings. The van der Waals surface area contributed by atoms with E-state index in [-0.39, 0.29) is 0 Å². The highest BCUT2D eigenvalue weighted by atomic mass is 32.1. The number of fused-ring (bicyclic) bond motifs is 7. The second kappa shape index (κ2) is 14.5. The van der Waals surface area contributed by atoms with Gasteiger partial charge in [-0.3, -0.25) is 0 Å². The first-order valence-electron chi connectivity index (χ1n) is 20.7. The number of benzene rings is 10. The minimum Gasteiger partial charge on any atom is -0.228 e. The molecule has 0 bridgehead atoms. The van der Waals surface area contributed by atoms with Crippen molar-refractivity contribution in [2.24, 2.45) is 0 Å². The van der Waals surface area contributed by atoms with Crippen molar-refractivity contribution in [3.63, 3.8) is 0 Å². The van der Waals surface area contributed by atoms with Gasteiger partial charge in [-0.05, 0) is 96.0 Å². The van der Waals surface area contributed by atoms with Crippen LogP contribution in [0, 0.1) is 0 Å². The molecule has 2 nitrogen and oxygen atoms in total. The summed E-state index contributed by atoms with van der Waals surface area (Å²) in [6.45, 7) is 0. The molecule has 12 rings (SSSR count). The van der Waals surface area contributed by atoms with Crippen molar-refractivity contribution in [3.05, 3.63) is 218 Å². The van der Waals surface area contributed by atoms with E-state index in [2.05, 4.69) is 212 Å². The van der Waals surface area contributed by atoms with E-state index in [1.807, 2.05) is 17.4 Å². The Morgan fingerprint density at radius 1 is 0.262 bits per heavy atom. The van der Waals surface area contributed by atoms with E-state index in [4.69, 9.17) is 9.97 Å². The molecule has 2 aromatic heterocycles. The lowest BCUT2D eigenvalue weighted by Crippen LogP contribution is -1.96. The maximum Gasteiger partial charge on any atom is 0.160 e. The fraction of sp³-hybridized carbons (Fsp3) is 0. The predicted molar refractivity (Wildman–Crippen MR) is 260 cm³/mol. The molecule has 61 heavy (non-hydrogen) atoms. The van der Waals surface area contributed by atoms with Crippen LogP contribution in [0.5, 0.6) is 0 Å². The van der Waals surface area contributed by atoms with Gasteiger partial charge < -0.3 is 0 Å². The summed E-state index contributed by atoms with van der Waals surface area (Å²) in [6.07, 6.45) is 0. The second-order valence-electron chi connectivity index (χ2n) is 15.7. The number of hydrogen-bond donors (Lipinski definition) is 0. The first-order chi connectivity index (χ1) is 30.2. The third kappa shape index (κ3) is 6.26. The van der Waals surface area contributed by atoms with E-state index in [9.17, 15) is 0 Å². The molecule has 0 fully saturated rings. The van der Waals surface area contributed by atoms with Gasteiger partial charge in [0.05, 0.1) is 11.4 Å². The number of thiophene rings is 1. The minimum atomic E-state index is 0.696. The molecule has 2 heterocycles. The van der Waals surface area contributed by atoms with Crippen LogP contribution in [0.2, 0.25) is 0 Å². The Hall–Kier alpha value is -7.72. The van der Waals surface area contributed by atoms with Gasteiger partial charge in [-0.2, -0.15) is 0 Å². The van der Waals surface area contributed by atoms with E-state index >= 15 is 0 Å². The Morgan fingerprint density at radius 3 is 1.52 bits per heavy atom. The molecule has 0 amide bonds. The van der Waals surface area contributed by atoms with Gasteiger partial charge in [0.15, 0.2) is 5.82 Å². The number of rotatable bonds is 6. The summed E-state index contributed by atoms with van der Waals surface area (Å²) >= 11 is 1.85. The fourth-order valence-electron chi connectivity index (χ4n) is 8.99. The summed E-state index contributed by atoms with van der Waals surface area (Å²) in [7, 11) is 0. The van der Waals surface area contributed by atoms with E-state index in [0.717, 1.165) is 33.6 Å². The van der Waals surface area contributed by atoms with Crippen LogP contribution in [-0.2, 0) is 0 Å². The molecule has 0 unspecified atom stereocenters. The van der Waals surface area contributed by atoms with E-state index in [1.165, 1.54) is 80.3 Å². The van der Waals surface area contributed by atoms with Gasteiger partial charge >= 0.3 is 0 Å². The summed E-state index contributed by atoms with van der Waals surface area (Å²) in [5.41, 5.74) is 12.0. The Bertz CT molecular complexity index is 3610. The van der Waals surface area contributed by atoms with Gasteiger partial charge in [0.1, 0.15) is 0 Å². The third-order valence-electron chi connectivity index (χ3n) is 12.1. The van der Waals surface area contributed by atoms with Gasteiger partial charge in [-0.15, -0.1) is 11.3 Å². The zero-order valence-electron chi connectivity index (χ0n) is 33.1. The quantitative estimate of drug-likeness (QED) is 0.124. The highest BCUT2D eigenvalue weighted by Crippen LogP contribution is 2.41. The molecule has 3 heteroatoms. The molecule has 0 aliphatic heterocycles. The summed E-state index contributed by atoms with van der Waals surface area (Å²) in [5, 5.41) is 10.1. The van der Waals surface area contributed by atoms with E-state index in [0.29, 0.717) is 5.82 Å². The van der Waals surface area contributed by atoms with Crippen molar-refractivity contribution < 1.29 is 0 Å². The maximum atomic E-state index is 5.24. The number of nitrogens with zero attached hydrogens (tertiary/aromatic N) is 2. The molecule has 0 saturated carbocycles. The van der Waals surface area contributed by atoms with Crippen molar-refractivity contribution in [1.82, 2.24) is 9.97 Å². The molecule has 0 N–H and O–H groups in total. The van der Waals surface area contributed by atoms with Crippen LogP contribution in [0.1, 0.15) is 0 Å². The normalized spacial score (nSPS) is 11.6. The standard InChI is InChI=1S/C58H36N2S/c1-2-10-37(11-3-1)38-20-28-44(29-21-38)58-59-53(41-22-18-39(19-23-41)45-31-33-56-52(34-45)49-16-8-9-17-55(49)61-56)36-54(60-58)42-24-26-43(27-25-42)57-48-15-7-5-13-46(48)35-51-47-14-6-4-12-40(47)30-32-50(51)57/h1-36H. The van der Waals surface area contributed by atoms with Crippen LogP contribution in [-0.4, -0.2) is 9.97 Å². The first-order valence-corrected chi connectivity index (χ1v) is 21.5. The Kier molecular flexibility index (Phi) is 8.39. The van der Waals surface area contributed by atoms with Crippen molar-refractivity contribution in [3.8, 4) is 67.3 Å². The Labute approximate surface area is 357 Å². The number of aromatic nitrogens is 2. The van der Waals surface area contributed by atoms with Crippen LogP contribution in [0.4, 0.5) is 0 Å². The van der Waals surface area contributed by atoms with Gasteiger partial charge in [0.2, 0.25) is 0 Å². The van der Waals surface area contributed by atoms with Gasteiger partial charge in [0, 0.05) is 36.9 Å². The highest BCUT2D eigenvalue weighted by molar-refractivity contribution is 7.25. The average molecular weight is 793 g/mol. The summed E-state index contributed by atoms with van der Waals surface area (Å²) in [6, 6.07) is 78.7. The second-order valence-corrected chi connectivity index (χ2v) is 16.8. The van der Waals surface area contributed by atoms with Crippen LogP contribution in [0.25, 0.3) is 120 Å². The summed E-state index contributed by atoms with van der Waals surface area (Å²) in [4.78, 5) is 10.5. The topological polar surface area (TPSA) is 25.8 Å². The summed E-state index contributed by atoms with van der Waals surface area (Å²) in [5.74, 6) is 0.696.